The number of nitrogens with zero attached hydrogens (tertiary/aromatic N) is 3. The summed E-state index contributed by atoms with van der Waals surface area (Å²) in [6, 6.07) is 22.6. The van der Waals surface area contributed by atoms with E-state index in [0.717, 1.165) is 29.7 Å². The van der Waals surface area contributed by atoms with E-state index in [2.05, 4.69) is 54.8 Å². The molecular weight excluding hydrogens is 483 g/mol. The average molecular weight is 509 g/mol. The molecule has 2 amide bonds. The average Bonchev–Trinajstić information content (AvgIpc) is 3.61. The highest BCUT2D eigenvalue weighted by molar-refractivity contribution is 5.99. The third kappa shape index (κ3) is 5.12. The molecule has 0 radical (unpaired) electrons. The van der Waals surface area contributed by atoms with Crippen LogP contribution in [0.15, 0.2) is 85.2 Å². The number of hydrogen-bond acceptors (Lipinski definition) is 5. The molecule has 1 saturated heterocycles. The molecular formula is C29H25FN6O2. The van der Waals surface area contributed by atoms with Crippen molar-refractivity contribution in [3.63, 3.8) is 0 Å². The summed E-state index contributed by atoms with van der Waals surface area (Å²) in [6.07, 6.45) is 3.95. The number of ether oxygens (including phenoxy) is 1. The number of anilines is 3. The molecule has 1 aliphatic heterocycles. The second-order valence-corrected chi connectivity index (χ2v) is 9.08. The van der Waals surface area contributed by atoms with Crippen LogP contribution >= 0.6 is 0 Å². The molecule has 8 nitrogen and oxygen atoms in total. The fraction of sp³-hybridized carbons (Fsp3) is 0.138. The zero-order valence-corrected chi connectivity index (χ0v) is 20.4. The maximum atomic E-state index is 13.3. The van der Waals surface area contributed by atoms with Crippen LogP contribution in [0.4, 0.5) is 26.2 Å². The highest BCUT2D eigenvalue weighted by Crippen LogP contribution is 2.32. The first-order valence-electron chi connectivity index (χ1n) is 12.4. The number of amides is 2. The van der Waals surface area contributed by atoms with Crippen LogP contribution in [0.3, 0.4) is 0 Å². The van der Waals surface area contributed by atoms with Crippen LogP contribution in [-0.4, -0.2) is 34.1 Å². The summed E-state index contributed by atoms with van der Waals surface area (Å²) in [5, 5.41) is 6.07. The van der Waals surface area contributed by atoms with Crippen molar-refractivity contribution in [2.45, 2.75) is 12.8 Å². The highest BCUT2D eigenvalue weighted by Gasteiger charge is 2.14. The van der Waals surface area contributed by atoms with Crippen LogP contribution in [0, 0.1) is 5.82 Å². The van der Waals surface area contributed by atoms with Crippen molar-refractivity contribution in [1.82, 2.24) is 15.0 Å². The van der Waals surface area contributed by atoms with Gasteiger partial charge in [0.05, 0.1) is 5.39 Å². The molecule has 2 aromatic heterocycles. The number of H-pyrrole nitrogens is 1. The second kappa shape index (κ2) is 10.2. The van der Waals surface area contributed by atoms with Crippen LogP contribution in [0.1, 0.15) is 12.8 Å². The van der Waals surface area contributed by atoms with Gasteiger partial charge in [-0.3, -0.25) is 0 Å². The fourth-order valence-electron chi connectivity index (χ4n) is 4.56. The van der Waals surface area contributed by atoms with Gasteiger partial charge in [0, 0.05) is 35.8 Å². The summed E-state index contributed by atoms with van der Waals surface area (Å²) in [5.41, 5.74) is 4.84. The van der Waals surface area contributed by atoms with Crippen molar-refractivity contribution < 1.29 is 13.9 Å². The Morgan fingerprint density at radius 2 is 1.66 bits per heavy atom. The van der Waals surface area contributed by atoms with Crippen LogP contribution in [0.2, 0.25) is 0 Å². The molecule has 6 rings (SSSR count). The number of carbonyl (C=O) groups excluding carboxylic acids is 1. The highest BCUT2D eigenvalue weighted by atomic mass is 19.1. The molecule has 0 atom stereocenters. The van der Waals surface area contributed by atoms with Crippen LogP contribution in [0.25, 0.3) is 22.3 Å². The van der Waals surface area contributed by atoms with E-state index < -0.39 is 11.8 Å². The van der Waals surface area contributed by atoms with Crippen molar-refractivity contribution in [1.29, 1.82) is 0 Å². The minimum Gasteiger partial charge on any atom is -0.438 e. The van der Waals surface area contributed by atoms with Gasteiger partial charge in [-0.05, 0) is 79.1 Å². The molecule has 3 N–H and O–H groups in total. The van der Waals surface area contributed by atoms with Gasteiger partial charge in [0.1, 0.15) is 23.5 Å². The summed E-state index contributed by atoms with van der Waals surface area (Å²) < 4.78 is 19.4. The molecule has 0 aliphatic carbocycles. The first-order valence-corrected chi connectivity index (χ1v) is 12.4. The van der Waals surface area contributed by atoms with Crippen molar-refractivity contribution in [2.75, 3.05) is 28.6 Å². The predicted molar refractivity (Wildman–Crippen MR) is 146 cm³/mol. The summed E-state index contributed by atoms with van der Waals surface area (Å²) in [6.45, 7) is 2.22. The number of fused-ring (bicyclic) bond motifs is 1. The van der Waals surface area contributed by atoms with Gasteiger partial charge >= 0.3 is 6.03 Å². The van der Waals surface area contributed by atoms with Gasteiger partial charge in [-0.25, -0.2) is 19.2 Å². The van der Waals surface area contributed by atoms with Gasteiger partial charge < -0.3 is 25.3 Å². The van der Waals surface area contributed by atoms with Crippen molar-refractivity contribution >= 4 is 34.1 Å². The number of benzene rings is 3. The fourth-order valence-corrected chi connectivity index (χ4v) is 4.56. The summed E-state index contributed by atoms with van der Waals surface area (Å²) in [4.78, 5) is 26.7. The number of nitrogens with one attached hydrogen (secondary N) is 3. The summed E-state index contributed by atoms with van der Waals surface area (Å²) in [7, 11) is 0. The van der Waals surface area contributed by atoms with Gasteiger partial charge in [0.2, 0.25) is 5.88 Å². The molecule has 3 aromatic carbocycles. The number of urea groups is 1. The van der Waals surface area contributed by atoms with E-state index in [1.165, 1.54) is 43.1 Å². The van der Waals surface area contributed by atoms with E-state index in [9.17, 15) is 9.18 Å². The summed E-state index contributed by atoms with van der Waals surface area (Å²) >= 11 is 0. The minimum absolute atomic E-state index is 0.364. The standard InChI is InChI=1S/C29H25FN6O2/c30-20-4-3-5-22(16-20)34-29(37)33-21-8-12-24(13-9-21)38-28-25-17-26(35-27(25)31-18-32-28)19-6-10-23(11-7-19)36-14-1-2-15-36/h3-13,16-18H,1-2,14-15H2,(H,31,32,35)(H2,33,34,37). The molecule has 0 saturated carbocycles. The molecule has 38 heavy (non-hydrogen) atoms. The lowest BCUT2D eigenvalue weighted by Gasteiger charge is -2.17. The third-order valence-electron chi connectivity index (χ3n) is 6.45. The molecule has 0 spiro atoms. The lowest BCUT2D eigenvalue weighted by molar-refractivity contribution is 0.262. The Morgan fingerprint density at radius 1 is 0.895 bits per heavy atom. The number of hydrogen-bond donors (Lipinski definition) is 3. The Hall–Kier alpha value is -4.92. The van der Waals surface area contributed by atoms with Gasteiger partial charge in [-0.2, -0.15) is 0 Å². The van der Waals surface area contributed by atoms with Crippen molar-refractivity contribution in [3.05, 3.63) is 91.0 Å². The molecule has 0 bridgehead atoms. The molecule has 9 heteroatoms. The van der Waals surface area contributed by atoms with Crippen LogP contribution < -0.4 is 20.3 Å². The zero-order chi connectivity index (χ0) is 25.9. The van der Waals surface area contributed by atoms with Crippen LogP contribution in [-0.2, 0) is 0 Å². The predicted octanol–water partition coefficient (Wildman–Crippen LogP) is 6.80. The lowest BCUT2D eigenvalue weighted by Crippen LogP contribution is -2.19. The van der Waals surface area contributed by atoms with E-state index in [1.807, 2.05) is 6.07 Å². The number of halogens is 1. The number of aromatic nitrogens is 3. The molecule has 0 unspecified atom stereocenters. The van der Waals surface area contributed by atoms with E-state index in [0.29, 0.717) is 28.7 Å². The zero-order valence-electron chi connectivity index (χ0n) is 20.4. The lowest BCUT2D eigenvalue weighted by atomic mass is 10.1. The van der Waals surface area contributed by atoms with E-state index in [1.54, 1.807) is 30.3 Å². The maximum absolute atomic E-state index is 13.3. The van der Waals surface area contributed by atoms with Gasteiger partial charge in [0.15, 0.2) is 0 Å². The Bertz CT molecular complexity index is 1580. The van der Waals surface area contributed by atoms with Crippen molar-refractivity contribution in [3.8, 4) is 22.9 Å². The minimum atomic E-state index is -0.477. The van der Waals surface area contributed by atoms with Gasteiger partial charge in [-0.15, -0.1) is 0 Å². The molecule has 1 aliphatic rings. The Labute approximate surface area is 218 Å². The number of rotatable bonds is 6. The second-order valence-electron chi connectivity index (χ2n) is 9.08. The van der Waals surface area contributed by atoms with Gasteiger partial charge in [0.25, 0.3) is 0 Å². The number of aromatic amines is 1. The third-order valence-corrected chi connectivity index (χ3v) is 6.45. The maximum Gasteiger partial charge on any atom is 0.323 e. The first kappa shape index (κ1) is 23.5. The Balaban J connectivity index is 1.14. The summed E-state index contributed by atoms with van der Waals surface area (Å²) in [5.74, 6) is 0.558. The largest absolute Gasteiger partial charge is 0.438 e. The normalized spacial score (nSPS) is 13.0. The number of carbonyl (C=O) groups is 1. The quantitative estimate of drug-likeness (QED) is 0.234. The van der Waals surface area contributed by atoms with E-state index in [4.69, 9.17) is 4.74 Å². The Morgan fingerprint density at radius 3 is 2.42 bits per heavy atom. The molecule has 190 valence electrons. The van der Waals surface area contributed by atoms with Crippen LogP contribution in [0.5, 0.6) is 11.6 Å². The Kier molecular flexibility index (Phi) is 6.31. The van der Waals surface area contributed by atoms with Gasteiger partial charge in [-0.1, -0.05) is 18.2 Å². The smallest absolute Gasteiger partial charge is 0.323 e. The topological polar surface area (TPSA) is 95.2 Å². The van der Waals surface area contributed by atoms with E-state index in [-0.39, 0.29) is 0 Å². The monoisotopic (exact) mass is 508 g/mol. The van der Waals surface area contributed by atoms with Crippen molar-refractivity contribution in [2.24, 2.45) is 0 Å². The van der Waals surface area contributed by atoms with E-state index >= 15 is 0 Å². The molecule has 1 fully saturated rings. The molecule has 3 heterocycles. The first-order chi connectivity index (χ1) is 18.6. The molecule has 5 aromatic rings. The SMILES string of the molecule is O=C(Nc1ccc(Oc2ncnc3[nH]c(-c4ccc(N5CCCC5)cc4)cc23)cc1)Nc1cccc(F)c1.